The van der Waals surface area contributed by atoms with Gasteiger partial charge < -0.3 is 15.1 Å². The Kier molecular flexibility index (Phi) is 11.0. The Bertz CT molecular complexity index is 675. The number of aliphatic carboxylic acids is 2. The van der Waals surface area contributed by atoms with E-state index in [9.17, 15) is 14.4 Å². The van der Waals surface area contributed by atoms with Crippen LogP contribution in [0.25, 0.3) is 0 Å². The molecule has 0 aromatic heterocycles. The Balaban J connectivity index is 2.23. The summed E-state index contributed by atoms with van der Waals surface area (Å²) in [7, 11) is 0. The normalized spacial score (nSPS) is 16.2. The van der Waals surface area contributed by atoms with Crippen molar-refractivity contribution in [3.05, 3.63) is 34.9 Å². The maximum Gasteiger partial charge on any atom is 0.323 e. The molecule has 1 rings (SSSR count). The Morgan fingerprint density at radius 2 is 1.76 bits per heavy atom. The molecule has 0 fully saturated rings. The number of carboxylic acid groups (broad SMARTS) is 2. The molecule has 1 unspecified atom stereocenters. The van der Waals surface area contributed by atoms with Gasteiger partial charge in [0.05, 0.1) is 0 Å². The van der Waals surface area contributed by atoms with Crippen LogP contribution >= 0.6 is 0 Å². The van der Waals surface area contributed by atoms with Gasteiger partial charge in [0.1, 0.15) is 6.54 Å². The standard InChI is InChI=1S/C23H35NO5/c1-17(9-5-11-19(3)13-22(26)27)7-4-8-18(2)10-6-12-20-14-21(25)24(15-20)16-23(28)29/h7,10,14,19H,4-6,8-9,11-13,15-16H2,1-3H3,(H,26,27)(H,28,29). The van der Waals surface area contributed by atoms with Crippen LogP contribution in [0.15, 0.2) is 34.9 Å². The van der Waals surface area contributed by atoms with Crippen LogP contribution in [-0.2, 0) is 14.4 Å². The first-order valence-corrected chi connectivity index (χ1v) is 10.4. The number of carbonyl (C=O) groups excluding carboxylic acids is 1. The number of nitrogens with zero attached hydrogens (tertiary/aromatic N) is 1. The summed E-state index contributed by atoms with van der Waals surface area (Å²) in [4.78, 5) is 34.5. The summed E-state index contributed by atoms with van der Waals surface area (Å²) < 4.78 is 0. The van der Waals surface area contributed by atoms with Crippen LogP contribution in [0.1, 0.15) is 72.1 Å². The molecular formula is C23H35NO5. The van der Waals surface area contributed by atoms with Gasteiger partial charge in [-0.05, 0) is 70.3 Å². The van der Waals surface area contributed by atoms with Gasteiger partial charge in [0, 0.05) is 19.0 Å². The van der Waals surface area contributed by atoms with Gasteiger partial charge in [-0.2, -0.15) is 0 Å². The number of allylic oxidation sites excluding steroid dienone is 4. The van der Waals surface area contributed by atoms with Crippen molar-refractivity contribution in [2.75, 3.05) is 13.1 Å². The molecule has 1 atom stereocenters. The number of rotatable bonds is 14. The molecule has 0 saturated carbocycles. The van der Waals surface area contributed by atoms with E-state index in [-0.39, 0.29) is 24.8 Å². The molecular weight excluding hydrogens is 370 g/mol. The molecule has 0 aromatic carbocycles. The third-order valence-electron chi connectivity index (χ3n) is 5.14. The molecule has 0 aromatic rings. The van der Waals surface area contributed by atoms with Crippen molar-refractivity contribution in [1.82, 2.24) is 4.90 Å². The predicted octanol–water partition coefficient (Wildman–Crippen LogP) is 4.57. The van der Waals surface area contributed by atoms with Crippen LogP contribution in [0.3, 0.4) is 0 Å². The number of amides is 1. The SMILES string of the molecule is CC(=CCCC1=CC(=O)N(CC(=O)O)C1)CCC=C(C)CCCC(C)CC(=O)O. The average Bonchev–Trinajstić information content (AvgIpc) is 2.93. The van der Waals surface area contributed by atoms with Crippen molar-refractivity contribution in [3.63, 3.8) is 0 Å². The van der Waals surface area contributed by atoms with Crippen LogP contribution < -0.4 is 0 Å². The summed E-state index contributed by atoms with van der Waals surface area (Å²) in [5.74, 6) is -1.68. The first kappa shape index (κ1) is 24.7. The Morgan fingerprint density at radius 1 is 1.10 bits per heavy atom. The predicted molar refractivity (Wildman–Crippen MR) is 114 cm³/mol. The summed E-state index contributed by atoms with van der Waals surface area (Å²) >= 11 is 0. The second kappa shape index (κ2) is 13.0. The lowest BCUT2D eigenvalue weighted by Gasteiger charge is -2.13. The van der Waals surface area contributed by atoms with E-state index in [1.165, 1.54) is 16.0 Å². The molecule has 0 saturated heterocycles. The third kappa shape index (κ3) is 11.3. The van der Waals surface area contributed by atoms with E-state index in [1.54, 1.807) is 6.08 Å². The van der Waals surface area contributed by atoms with Crippen LogP contribution in [0.2, 0.25) is 0 Å². The Hall–Kier alpha value is -2.37. The van der Waals surface area contributed by atoms with Gasteiger partial charge >= 0.3 is 11.9 Å². The molecule has 6 heteroatoms. The highest BCUT2D eigenvalue weighted by molar-refractivity contribution is 5.93. The lowest BCUT2D eigenvalue weighted by Crippen LogP contribution is -2.31. The number of carbonyl (C=O) groups is 3. The van der Waals surface area contributed by atoms with Gasteiger partial charge in [0.2, 0.25) is 5.91 Å². The summed E-state index contributed by atoms with van der Waals surface area (Å²) in [6.45, 7) is 6.42. The zero-order valence-corrected chi connectivity index (χ0v) is 17.9. The number of carboxylic acids is 2. The molecule has 1 aliphatic rings. The fourth-order valence-electron chi connectivity index (χ4n) is 3.47. The van der Waals surface area contributed by atoms with Crippen molar-refractivity contribution < 1.29 is 24.6 Å². The molecule has 0 bridgehead atoms. The highest BCUT2D eigenvalue weighted by Crippen LogP contribution is 2.18. The fourth-order valence-corrected chi connectivity index (χ4v) is 3.47. The van der Waals surface area contributed by atoms with Crippen LogP contribution in [-0.4, -0.2) is 46.0 Å². The van der Waals surface area contributed by atoms with E-state index >= 15 is 0 Å². The first-order valence-electron chi connectivity index (χ1n) is 10.4. The van der Waals surface area contributed by atoms with E-state index in [4.69, 9.17) is 10.2 Å². The molecule has 162 valence electrons. The Labute approximate surface area is 174 Å². The van der Waals surface area contributed by atoms with E-state index < -0.39 is 11.9 Å². The minimum absolute atomic E-state index is 0.207. The monoisotopic (exact) mass is 405 g/mol. The van der Waals surface area contributed by atoms with Crippen molar-refractivity contribution in [2.45, 2.75) is 72.1 Å². The van der Waals surface area contributed by atoms with E-state index in [0.717, 1.165) is 50.5 Å². The van der Waals surface area contributed by atoms with Gasteiger partial charge in [-0.3, -0.25) is 14.4 Å². The van der Waals surface area contributed by atoms with Gasteiger partial charge in [0.25, 0.3) is 0 Å². The van der Waals surface area contributed by atoms with Crippen LogP contribution in [0.4, 0.5) is 0 Å². The second-order valence-electron chi connectivity index (χ2n) is 8.16. The third-order valence-corrected chi connectivity index (χ3v) is 5.14. The summed E-state index contributed by atoms with van der Waals surface area (Å²) in [5, 5.41) is 17.6. The molecule has 1 aliphatic heterocycles. The van der Waals surface area contributed by atoms with Crippen molar-refractivity contribution in [1.29, 1.82) is 0 Å². The minimum atomic E-state index is -0.984. The average molecular weight is 406 g/mol. The molecule has 1 amide bonds. The zero-order valence-electron chi connectivity index (χ0n) is 17.9. The fraction of sp³-hybridized carbons (Fsp3) is 0.609. The molecule has 0 radical (unpaired) electrons. The first-order chi connectivity index (χ1) is 13.7. The van der Waals surface area contributed by atoms with Gasteiger partial charge in [-0.25, -0.2) is 0 Å². The molecule has 1 heterocycles. The lowest BCUT2D eigenvalue weighted by molar-refractivity contribution is -0.142. The number of hydrogen-bond acceptors (Lipinski definition) is 3. The van der Waals surface area contributed by atoms with Crippen LogP contribution in [0.5, 0.6) is 0 Å². The molecule has 0 spiro atoms. The molecule has 2 N–H and O–H groups in total. The largest absolute Gasteiger partial charge is 0.481 e. The van der Waals surface area contributed by atoms with Gasteiger partial charge in [-0.1, -0.05) is 30.2 Å². The topological polar surface area (TPSA) is 94.9 Å². The maximum atomic E-state index is 11.7. The highest BCUT2D eigenvalue weighted by Gasteiger charge is 2.22. The molecule has 29 heavy (non-hydrogen) atoms. The molecule has 6 nitrogen and oxygen atoms in total. The van der Waals surface area contributed by atoms with Gasteiger partial charge in [0.15, 0.2) is 0 Å². The summed E-state index contributed by atoms with van der Waals surface area (Å²) in [6, 6.07) is 0. The number of hydrogen-bond donors (Lipinski definition) is 2. The maximum absolute atomic E-state index is 11.7. The summed E-state index contributed by atoms with van der Waals surface area (Å²) in [6.07, 6.45) is 12.9. The van der Waals surface area contributed by atoms with E-state index in [1.807, 2.05) is 6.92 Å². The van der Waals surface area contributed by atoms with Crippen LogP contribution in [0, 0.1) is 5.92 Å². The van der Waals surface area contributed by atoms with Crippen molar-refractivity contribution >= 4 is 17.8 Å². The smallest absolute Gasteiger partial charge is 0.323 e. The highest BCUT2D eigenvalue weighted by atomic mass is 16.4. The quantitative estimate of drug-likeness (QED) is 0.413. The van der Waals surface area contributed by atoms with E-state index in [0.29, 0.717) is 6.54 Å². The molecule has 0 aliphatic carbocycles. The minimum Gasteiger partial charge on any atom is -0.481 e. The van der Waals surface area contributed by atoms with Gasteiger partial charge in [-0.15, -0.1) is 0 Å². The van der Waals surface area contributed by atoms with Crippen molar-refractivity contribution in [3.8, 4) is 0 Å². The summed E-state index contributed by atoms with van der Waals surface area (Å²) in [5.41, 5.74) is 3.66. The lowest BCUT2D eigenvalue weighted by atomic mass is 9.98. The second-order valence-corrected chi connectivity index (χ2v) is 8.16. The van der Waals surface area contributed by atoms with E-state index in [2.05, 4.69) is 26.0 Å². The zero-order chi connectivity index (χ0) is 21.8. The van der Waals surface area contributed by atoms with Crippen molar-refractivity contribution in [2.24, 2.45) is 5.92 Å². The Morgan fingerprint density at radius 3 is 2.41 bits per heavy atom.